The maximum Gasteiger partial charge on any atom is 0.471 e. The molecule has 2 amide bonds. The first-order chi connectivity index (χ1) is 19.9. The molecule has 0 aromatic heterocycles. The van der Waals surface area contributed by atoms with Gasteiger partial charge < -0.3 is 37.9 Å². The number of amides is 2. The second kappa shape index (κ2) is 17.9. The number of para-hydroxylation sites is 2. The van der Waals surface area contributed by atoms with Crippen molar-refractivity contribution >= 4 is 11.8 Å². The Morgan fingerprint density at radius 2 is 0.929 bits per heavy atom. The summed E-state index contributed by atoms with van der Waals surface area (Å²) in [7, 11) is 0. The zero-order valence-electron chi connectivity index (χ0n) is 22.4. The molecule has 1 aromatic rings. The zero-order valence-corrected chi connectivity index (χ0v) is 22.4. The maximum absolute atomic E-state index is 13.2. The van der Waals surface area contributed by atoms with E-state index in [9.17, 15) is 35.9 Å². The van der Waals surface area contributed by atoms with Crippen LogP contribution in [0.5, 0.6) is 11.5 Å². The number of rotatable bonds is 2. The number of hydrogen-bond donors (Lipinski definition) is 2. The third-order valence-electron chi connectivity index (χ3n) is 4.93. The summed E-state index contributed by atoms with van der Waals surface area (Å²) in [4.78, 5) is 23.7. The van der Waals surface area contributed by atoms with E-state index in [0.717, 1.165) is 6.07 Å². The van der Waals surface area contributed by atoms with Gasteiger partial charge in [-0.1, -0.05) is 12.1 Å². The molecular weight excluding hydrogens is 590 g/mol. The van der Waals surface area contributed by atoms with E-state index >= 15 is 0 Å². The molecule has 0 saturated carbocycles. The molecule has 0 bridgehead atoms. The molecule has 42 heavy (non-hydrogen) atoms. The van der Waals surface area contributed by atoms with Gasteiger partial charge >= 0.3 is 24.2 Å². The number of nitrogens with one attached hydrogen (secondary N) is 2. The molecule has 2 rings (SSSR count). The van der Waals surface area contributed by atoms with Crippen LogP contribution in [-0.2, 0) is 38.0 Å². The fourth-order valence-corrected chi connectivity index (χ4v) is 3.06. The Bertz CT molecular complexity index is 923. The molecule has 1 aromatic carbocycles. The first-order valence-corrected chi connectivity index (χ1v) is 12.6. The summed E-state index contributed by atoms with van der Waals surface area (Å²) in [6.45, 7) is 0.0691. The number of ether oxygens (including phenoxy) is 8. The lowest BCUT2D eigenvalue weighted by Gasteiger charge is -2.36. The van der Waals surface area contributed by atoms with E-state index in [2.05, 4.69) is 0 Å². The zero-order chi connectivity index (χ0) is 30.9. The summed E-state index contributed by atoms with van der Waals surface area (Å²) in [6, 6.07) is 5.19. The number of carbonyl (C=O) groups excluding carboxylic acids is 2. The molecule has 2 N–H and O–H groups in total. The van der Waals surface area contributed by atoms with Gasteiger partial charge in [0.15, 0.2) is 11.5 Å². The first kappa shape index (κ1) is 35.3. The van der Waals surface area contributed by atoms with Gasteiger partial charge in [-0.05, 0) is 12.1 Å². The Balaban J connectivity index is 2.28. The van der Waals surface area contributed by atoms with E-state index in [1.165, 1.54) is 28.8 Å². The average Bonchev–Trinajstić information content (AvgIpc) is 2.91. The van der Waals surface area contributed by atoms with Gasteiger partial charge in [-0.25, -0.2) is 0 Å². The van der Waals surface area contributed by atoms with Gasteiger partial charge in [0.2, 0.25) is 0 Å². The van der Waals surface area contributed by atoms with Crippen molar-refractivity contribution in [2.45, 2.75) is 18.2 Å². The number of alkyl halides is 6. The van der Waals surface area contributed by atoms with E-state index in [0.29, 0.717) is 19.8 Å². The van der Waals surface area contributed by atoms with Gasteiger partial charge in [-0.3, -0.25) is 20.2 Å². The molecule has 0 radical (unpaired) electrons. The third kappa shape index (κ3) is 13.8. The van der Waals surface area contributed by atoms with E-state index in [1.54, 1.807) is 0 Å². The predicted octanol–water partition coefficient (Wildman–Crippen LogP) is 1.57. The van der Waals surface area contributed by atoms with Crippen LogP contribution in [0.3, 0.4) is 0 Å². The minimum Gasteiger partial charge on any atom is -0.487 e. The second-order valence-corrected chi connectivity index (χ2v) is 8.24. The van der Waals surface area contributed by atoms with Crippen LogP contribution >= 0.6 is 0 Å². The van der Waals surface area contributed by atoms with Crippen molar-refractivity contribution in [3.8, 4) is 11.5 Å². The van der Waals surface area contributed by atoms with Crippen LogP contribution in [0, 0.1) is 0 Å². The molecule has 0 unspecified atom stereocenters. The van der Waals surface area contributed by atoms with Crippen molar-refractivity contribution in [3.63, 3.8) is 0 Å². The SMILES string of the molecule is O=C(NC1(NC(=O)C(F)(F)F)COCCOCCOCCOCCOCCOCCOc2ccccc2O1)C(F)(F)F. The molecule has 0 fully saturated rings. The quantitative estimate of drug-likeness (QED) is 0.370. The van der Waals surface area contributed by atoms with Crippen LogP contribution in [0.15, 0.2) is 24.3 Å². The lowest BCUT2D eigenvalue weighted by atomic mass is 10.3. The average molecular weight is 623 g/mol. The first-order valence-electron chi connectivity index (χ1n) is 12.6. The highest BCUT2D eigenvalue weighted by Crippen LogP contribution is 2.30. The summed E-state index contributed by atoms with van der Waals surface area (Å²) in [5.41, 5.74) is 0. The largest absolute Gasteiger partial charge is 0.487 e. The van der Waals surface area contributed by atoms with Crippen LogP contribution in [-0.4, -0.2) is 116 Å². The van der Waals surface area contributed by atoms with E-state index in [1.807, 2.05) is 0 Å². The topological polar surface area (TPSA) is 132 Å². The van der Waals surface area contributed by atoms with Gasteiger partial charge in [0, 0.05) is 0 Å². The molecule has 1 heterocycles. The maximum atomic E-state index is 13.2. The molecule has 0 aliphatic carbocycles. The van der Waals surface area contributed by atoms with Gasteiger partial charge in [-0.2, -0.15) is 26.3 Å². The number of fused-ring (bicyclic) bond motifs is 1. The van der Waals surface area contributed by atoms with Crippen molar-refractivity contribution in [1.29, 1.82) is 0 Å². The molecular formula is C24H32F6N2O10. The van der Waals surface area contributed by atoms with E-state index in [-0.39, 0.29) is 65.2 Å². The van der Waals surface area contributed by atoms with Gasteiger partial charge in [0.05, 0.1) is 72.7 Å². The predicted molar refractivity (Wildman–Crippen MR) is 129 cm³/mol. The molecule has 1 aliphatic heterocycles. The number of benzene rings is 1. The lowest BCUT2D eigenvalue weighted by Crippen LogP contribution is -2.70. The summed E-state index contributed by atoms with van der Waals surface area (Å²) in [5, 5.41) is 2.53. The molecule has 12 nitrogen and oxygen atoms in total. The molecule has 0 saturated heterocycles. The van der Waals surface area contributed by atoms with E-state index in [4.69, 9.17) is 37.9 Å². The highest BCUT2D eigenvalue weighted by molar-refractivity contribution is 5.85. The van der Waals surface area contributed by atoms with Crippen LogP contribution < -0.4 is 20.1 Å². The van der Waals surface area contributed by atoms with Crippen molar-refractivity contribution < 1.29 is 73.8 Å². The van der Waals surface area contributed by atoms with Gasteiger partial charge in [-0.15, -0.1) is 0 Å². The number of carbonyl (C=O) groups is 2. The minimum atomic E-state index is -5.57. The number of hydrogen-bond acceptors (Lipinski definition) is 10. The summed E-state index contributed by atoms with van der Waals surface area (Å²) in [6.07, 6.45) is -11.1. The standard InChI is InChI=1S/C24H32F6N2O10/c25-23(26,27)20(33)31-22(32-21(34)24(28,29)30)17-40-14-13-38-10-9-36-6-5-35-7-8-37-11-12-39-15-16-41-18-3-1-2-4-19(18)42-22/h1-4H,5-17H2,(H,31,33)(H,32,34). The minimum absolute atomic E-state index is 0.0232. The second-order valence-electron chi connectivity index (χ2n) is 8.24. The van der Waals surface area contributed by atoms with E-state index < -0.39 is 42.4 Å². The van der Waals surface area contributed by atoms with Crippen LogP contribution in [0.1, 0.15) is 0 Å². The summed E-state index contributed by atoms with van der Waals surface area (Å²) < 4.78 is 122. The molecule has 0 spiro atoms. The van der Waals surface area contributed by atoms with Crippen LogP contribution in [0.25, 0.3) is 0 Å². The molecule has 18 heteroatoms. The Morgan fingerprint density at radius 1 is 0.571 bits per heavy atom. The van der Waals surface area contributed by atoms with Gasteiger partial charge in [0.1, 0.15) is 13.2 Å². The molecule has 1 aliphatic rings. The summed E-state index contributed by atoms with van der Waals surface area (Å²) >= 11 is 0. The molecule has 0 atom stereocenters. The molecule has 240 valence electrons. The third-order valence-corrected chi connectivity index (χ3v) is 4.93. The highest BCUT2D eigenvalue weighted by atomic mass is 19.4. The summed E-state index contributed by atoms with van der Waals surface area (Å²) in [5.74, 6) is -9.21. The fraction of sp³-hybridized carbons (Fsp3) is 0.667. The Labute approximate surface area is 236 Å². The normalized spacial score (nSPS) is 19.6. The Hall–Kier alpha value is -2.90. The lowest BCUT2D eigenvalue weighted by molar-refractivity contribution is -0.193. The van der Waals surface area contributed by atoms with Gasteiger partial charge in [0.25, 0.3) is 5.85 Å². The fourth-order valence-electron chi connectivity index (χ4n) is 3.06. The van der Waals surface area contributed by atoms with Crippen molar-refractivity contribution in [2.75, 3.05) is 85.9 Å². The Morgan fingerprint density at radius 3 is 1.33 bits per heavy atom. The monoisotopic (exact) mass is 622 g/mol. The van der Waals surface area contributed by atoms with Crippen LogP contribution in [0.4, 0.5) is 26.3 Å². The number of halogens is 6. The van der Waals surface area contributed by atoms with Crippen molar-refractivity contribution in [1.82, 2.24) is 10.6 Å². The highest BCUT2D eigenvalue weighted by Gasteiger charge is 2.50. The van der Waals surface area contributed by atoms with Crippen LogP contribution in [0.2, 0.25) is 0 Å². The smallest absolute Gasteiger partial charge is 0.471 e. The Kier molecular flexibility index (Phi) is 15.1. The van der Waals surface area contributed by atoms with Crippen molar-refractivity contribution in [3.05, 3.63) is 24.3 Å². The van der Waals surface area contributed by atoms with Crippen molar-refractivity contribution in [2.24, 2.45) is 0 Å².